The van der Waals surface area contributed by atoms with Crippen LogP contribution < -0.4 is 0 Å². The van der Waals surface area contributed by atoms with Gasteiger partial charge < -0.3 is 9.88 Å². The lowest BCUT2D eigenvalue weighted by molar-refractivity contribution is 0.0723. The van der Waals surface area contributed by atoms with Crippen molar-refractivity contribution in [3.63, 3.8) is 0 Å². The third-order valence-electron chi connectivity index (χ3n) is 3.78. The normalized spacial score (nSPS) is 12.9. The molecule has 0 saturated heterocycles. The van der Waals surface area contributed by atoms with Crippen molar-refractivity contribution in [3.8, 4) is 0 Å². The largest absolute Gasteiger partial charge is 0.350 e. The number of hydrogen-bond donors (Lipinski definition) is 1. The molecule has 2 aromatic rings. The number of H-pyrrole nitrogens is 1. The van der Waals surface area contributed by atoms with Gasteiger partial charge in [0.05, 0.1) is 5.52 Å². The van der Waals surface area contributed by atoms with E-state index in [-0.39, 0.29) is 28.5 Å². The van der Waals surface area contributed by atoms with E-state index >= 15 is 0 Å². The van der Waals surface area contributed by atoms with Crippen molar-refractivity contribution < 1.29 is 18.0 Å². The lowest BCUT2D eigenvalue weighted by Gasteiger charge is -2.25. The summed E-state index contributed by atoms with van der Waals surface area (Å²) in [7, 11) is 1.65. The van der Waals surface area contributed by atoms with Crippen molar-refractivity contribution in [2.24, 2.45) is 5.92 Å². The molecule has 1 heterocycles. The average Bonchev–Trinajstić information content (AvgIpc) is 2.86. The van der Waals surface area contributed by atoms with Crippen LogP contribution in [0.15, 0.2) is 12.1 Å². The highest BCUT2D eigenvalue weighted by atomic mass is 19.2. The number of fused-ring (bicyclic) bond motifs is 1. The Morgan fingerprint density at radius 2 is 1.82 bits per heavy atom. The van der Waals surface area contributed by atoms with Gasteiger partial charge in [-0.25, -0.2) is 13.2 Å². The van der Waals surface area contributed by atoms with Gasteiger partial charge in [-0.2, -0.15) is 0 Å². The summed E-state index contributed by atoms with van der Waals surface area (Å²) < 4.78 is 40.2. The van der Waals surface area contributed by atoms with Gasteiger partial charge in [0.15, 0.2) is 17.5 Å². The second-order valence-corrected chi connectivity index (χ2v) is 6.03. The average molecular weight is 312 g/mol. The molecule has 0 saturated carbocycles. The SMILES string of the molecule is CC(C)CC(C)N(C)C(=O)c1cc2c(F)c(F)c(F)cc2[nH]1. The Labute approximate surface area is 127 Å². The van der Waals surface area contributed by atoms with E-state index in [4.69, 9.17) is 0 Å². The van der Waals surface area contributed by atoms with E-state index in [0.29, 0.717) is 5.92 Å². The Morgan fingerprint density at radius 1 is 1.18 bits per heavy atom. The van der Waals surface area contributed by atoms with Crippen molar-refractivity contribution in [3.05, 3.63) is 35.3 Å². The van der Waals surface area contributed by atoms with Gasteiger partial charge in [-0.15, -0.1) is 0 Å². The first kappa shape index (κ1) is 16.4. The first-order valence-corrected chi connectivity index (χ1v) is 7.15. The van der Waals surface area contributed by atoms with Crippen LogP contribution in [-0.2, 0) is 0 Å². The smallest absolute Gasteiger partial charge is 0.270 e. The van der Waals surface area contributed by atoms with Crippen LogP contribution in [0.4, 0.5) is 13.2 Å². The molecule has 1 unspecified atom stereocenters. The Hall–Kier alpha value is -1.98. The summed E-state index contributed by atoms with van der Waals surface area (Å²) in [5.41, 5.74) is 0.168. The number of carbonyl (C=O) groups is 1. The molecule has 1 N–H and O–H groups in total. The fraction of sp³-hybridized carbons (Fsp3) is 0.438. The van der Waals surface area contributed by atoms with Gasteiger partial charge in [0.1, 0.15) is 5.69 Å². The maximum absolute atomic E-state index is 13.7. The number of carbonyl (C=O) groups excluding carboxylic acids is 1. The molecular weight excluding hydrogens is 293 g/mol. The number of halogens is 3. The zero-order valence-corrected chi connectivity index (χ0v) is 13.0. The molecule has 0 bridgehead atoms. The molecule has 1 aromatic heterocycles. The van der Waals surface area contributed by atoms with Gasteiger partial charge >= 0.3 is 0 Å². The molecule has 0 aliphatic carbocycles. The summed E-state index contributed by atoms with van der Waals surface area (Å²) >= 11 is 0. The van der Waals surface area contributed by atoms with Crippen molar-refractivity contribution in [1.82, 2.24) is 9.88 Å². The highest BCUT2D eigenvalue weighted by Gasteiger charge is 2.22. The van der Waals surface area contributed by atoms with Crippen molar-refractivity contribution >= 4 is 16.8 Å². The van der Waals surface area contributed by atoms with Crippen LogP contribution in [-0.4, -0.2) is 28.9 Å². The molecule has 1 amide bonds. The number of nitrogens with one attached hydrogen (secondary N) is 1. The van der Waals surface area contributed by atoms with Gasteiger partial charge in [-0.05, 0) is 25.3 Å². The predicted molar refractivity (Wildman–Crippen MR) is 79.2 cm³/mol. The molecule has 120 valence electrons. The van der Waals surface area contributed by atoms with Gasteiger partial charge in [-0.3, -0.25) is 4.79 Å². The number of aromatic nitrogens is 1. The van der Waals surface area contributed by atoms with Crippen LogP contribution in [0.1, 0.15) is 37.7 Å². The molecule has 0 fully saturated rings. The number of rotatable bonds is 4. The molecule has 1 aromatic carbocycles. The van der Waals surface area contributed by atoms with E-state index in [1.165, 1.54) is 11.0 Å². The Kier molecular flexibility index (Phi) is 4.49. The van der Waals surface area contributed by atoms with E-state index in [2.05, 4.69) is 18.8 Å². The fourth-order valence-electron chi connectivity index (χ4n) is 2.52. The molecular formula is C16H19F3N2O. The number of nitrogens with zero attached hydrogens (tertiary/aromatic N) is 1. The topological polar surface area (TPSA) is 36.1 Å². The van der Waals surface area contributed by atoms with Crippen LogP contribution in [0.25, 0.3) is 10.9 Å². The van der Waals surface area contributed by atoms with E-state index < -0.39 is 17.5 Å². The minimum absolute atomic E-state index is 0.00256. The second kappa shape index (κ2) is 6.02. The Balaban J connectivity index is 2.35. The standard InChI is InChI=1S/C16H19F3N2O/c1-8(2)5-9(3)21(4)16(22)13-6-10-12(20-13)7-11(17)15(19)14(10)18/h6-9,20H,5H2,1-4H3. The first-order valence-electron chi connectivity index (χ1n) is 7.15. The fourth-order valence-corrected chi connectivity index (χ4v) is 2.52. The molecule has 0 spiro atoms. The van der Waals surface area contributed by atoms with Gasteiger partial charge in [0.25, 0.3) is 5.91 Å². The second-order valence-electron chi connectivity index (χ2n) is 6.03. The maximum atomic E-state index is 13.7. The molecule has 0 radical (unpaired) electrons. The minimum atomic E-state index is -1.54. The quantitative estimate of drug-likeness (QED) is 0.848. The number of benzene rings is 1. The maximum Gasteiger partial charge on any atom is 0.270 e. The summed E-state index contributed by atoms with van der Waals surface area (Å²) in [5, 5.41) is -0.132. The first-order chi connectivity index (χ1) is 10.2. The Bertz CT molecular complexity index is 709. The summed E-state index contributed by atoms with van der Waals surface area (Å²) in [5.74, 6) is -4.03. The van der Waals surface area contributed by atoms with Crippen molar-refractivity contribution in [2.75, 3.05) is 7.05 Å². The predicted octanol–water partition coefficient (Wildman–Crippen LogP) is 4.09. The molecule has 0 aliphatic rings. The van der Waals surface area contributed by atoms with Crippen molar-refractivity contribution in [1.29, 1.82) is 0 Å². The van der Waals surface area contributed by atoms with E-state index in [1.54, 1.807) is 7.05 Å². The molecule has 3 nitrogen and oxygen atoms in total. The highest BCUT2D eigenvalue weighted by molar-refractivity contribution is 5.98. The van der Waals surface area contributed by atoms with Crippen molar-refractivity contribution in [2.45, 2.75) is 33.2 Å². The lowest BCUT2D eigenvalue weighted by Crippen LogP contribution is -2.36. The van der Waals surface area contributed by atoms with Crippen LogP contribution in [0.2, 0.25) is 0 Å². The van der Waals surface area contributed by atoms with Gasteiger partial charge in [0.2, 0.25) is 0 Å². The van der Waals surface area contributed by atoms with E-state index in [9.17, 15) is 18.0 Å². The van der Waals surface area contributed by atoms with Gasteiger partial charge in [-0.1, -0.05) is 13.8 Å². The third-order valence-corrected chi connectivity index (χ3v) is 3.78. The van der Waals surface area contributed by atoms with Crippen LogP contribution in [0.5, 0.6) is 0 Å². The molecule has 1 atom stereocenters. The summed E-state index contributed by atoms with van der Waals surface area (Å²) in [6, 6.07) is 2.06. The zero-order valence-electron chi connectivity index (χ0n) is 13.0. The number of aromatic amines is 1. The molecule has 2 rings (SSSR count). The molecule has 0 aliphatic heterocycles. The van der Waals surface area contributed by atoms with Crippen LogP contribution in [0, 0.1) is 23.4 Å². The van der Waals surface area contributed by atoms with E-state index in [1.807, 2.05) is 6.92 Å². The molecule has 22 heavy (non-hydrogen) atoms. The lowest BCUT2D eigenvalue weighted by atomic mass is 10.0. The Morgan fingerprint density at radius 3 is 2.41 bits per heavy atom. The number of amides is 1. The zero-order chi connectivity index (χ0) is 16.6. The highest BCUT2D eigenvalue weighted by Crippen LogP contribution is 2.24. The molecule has 6 heteroatoms. The summed E-state index contributed by atoms with van der Waals surface area (Å²) in [6.45, 7) is 6.03. The number of hydrogen-bond acceptors (Lipinski definition) is 1. The van der Waals surface area contributed by atoms with E-state index in [0.717, 1.165) is 12.5 Å². The summed E-state index contributed by atoms with van der Waals surface area (Å²) in [6.07, 6.45) is 0.820. The van der Waals surface area contributed by atoms with Crippen LogP contribution in [0.3, 0.4) is 0 Å². The minimum Gasteiger partial charge on any atom is -0.350 e. The van der Waals surface area contributed by atoms with Crippen LogP contribution >= 0.6 is 0 Å². The monoisotopic (exact) mass is 312 g/mol. The van der Waals surface area contributed by atoms with Gasteiger partial charge in [0, 0.05) is 24.5 Å². The summed E-state index contributed by atoms with van der Waals surface area (Å²) in [4.78, 5) is 16.6. The third kappa shape index (κ3) is 2.96.